The van der Waals surface area contributed by atoms with Crippen molar-refractivity contribution in [1.82, 2.24) is 0 Å². The largest absolute Gasteiger partial charge is 0.367 e. The van der Waals surface area contributed by atoms with Gasteiger partial charge in [-0.1, -0.05) is 18.2 Å². The third kappa shape index (κ3) is 1.52. The van der Waals surface area contributed by atoms with Gasteiger partial charge in [-0.25, -0.2) is 0 Å². The number of nitrogens with one attached hydrogen (secondary N) is 1. The van der Waals surface area contributed by atoms with Crippen LogP contribution in [0.15, 0.2) is 24.3 Å². The van der Waals surface area contributed by atoms with Crippen LogP contribution in [0.3, 0.4) is 0 Å². The van der Waals surface area contributed by atoms with Crippen molar-refractivity contribution in [2.75, 3.05) is 5.32 Å². The zero-order chi connectivity index (χ0) is 9.47. The lowest BCUT2D eigenvalue weighted by molar-refractivity contribution is 0.473. The summed E-state index contributed by atoms with van der Waals surface area (Å²) in [5, 5.41) is 1.85. The van der Waals surface area contributed by atoms with Crippen molar-refractivity contribution < 1.29 is 13.0 Å². The first-order valence-electron chi connectivity index (χ1n) is 3.88. The Bertz CT molecular complexity index is 402. The summed E-state index contributed by atoms with van der Waals surface area (Å²) >= 11 is 0. The Kier molecular flexibility index (Phi) is 1.78. The van der Waals surface area contributed by atoms with E-state index in [1.54, 1.807) is 6.07 Å². The van der Waals surface area contributed by atoms with Gasteiger partial charge in [-0.15, -0.1) is 0 Å². The third-order valence-electron chi connectivity index (χ3n) is 2.10. The molecule has 1 aromatic rings. The average Bonchev–Trinajstić information content (AvgIpc) is 2.45. The highest BCUT2D eigenvalue weighted by Crippen LogP contribution is 2.26. The van der Waals surface area contributed by atoms with Crippen LogP contribution < -0.4 is 5.32 Å². The van der Waals surface area contributed by atoms with Crippen molar-refractivity contribution in [3.8, 4) is 0 Å². The maximum atomic E-state index is 10.8. The second-order valence-electron chi connectivity index (χ2n) is 3.01. The number of benzene rings is 1. The van der Waals surface area contributed by atoms with E-state index in [2.05, 4.69) is 5.32 Å². The second-order valence-corrected chi connectivity index (χ2v) is 4.61. The number of anilines is 1. The number of hydrogen-bond donors (Lipinski definition) is 2. The van der Waals surface area contributed by atoms with Gasteiger partial charge in [0.1, 0.15) is 0 Å². The standard InChI is InChI=1S/C8H9NO3S/c10-13(11,12)8-5-6-3-1-2-4-7(6)9-8/h1-4,8-9H,5H2,(H,10,11,12)/t8-/m1/s1. The zero-order valence-corrected chi connectivity index (χ0v) is 7.58. The Balaban J connectivity index is 2.33. The van der Waals surface area contributed by atoms with E-state index in [4.69, 9.17) is 4.55 Å². The minimum atomic E-state index is -3.98. The van der Waals surface area contributed by atoms with Crippen LogP contribution in [0.5, 0.6) is 0 Å². The van der Waals surface area contributed by atoms with Crippen LogP contribution in [0.25, 0.3) is 0 Å². The van der Waals surface area contributed by atoms with E-state index in [1.807, 2.05) is 18.2 Å². The van der Waals surface area contributed by atoms with Gasteiger partial charge in [0, 0.05) is 12.1 Å². The Morgan fingerprint density at radius 2 is 2.08 bits per heavy atom. The summed E-state index contributed by atoms with van der Waals surface area (Å²) in [5.74, 6) is 0. The normalized spacial score (nSPS) is 20.8. The Hall–Kier alpha value is -1.07. The van der Waals surface area contributed by atoms with Gasteiger partial charge in [-0.3, -0.25) is 4.55 Å². The quantitative estimate of drug-likeness (QED) is 0.658. The first kappa shape index (κ1) is 8.52. The van der Waals surface area contributed by atoms with Crippen LogP contribution in [-0.2, 0) is 16.5 Å². The Labute approximate surface area is 76.3 Å². The third-order valence-corrected chi connectivity index (χ3v) is 3.10. The van der Waals surface area contributed by atoms with Crippen molar-refractivity contribution in [1.29, 1.82) is 0 Å². The van der Waals surface area contributed by atoms with Crippen molar-refractivity contribution in [3.05, 3.63) is 29.8 Å². The van der Waals surface area contributed by atoms with Crippen LogP contribution in [-0.4, -0.2) is 18.3 Å². The lowest BCUT2D eigenvalue weighted by Crippen LogP contribution is -2.26. The molecule has 0 aromatic heterocycles. The van der Waals surface area contributed by atoms with E-state index in [0.717, 1.165) is 11.3 Å². The summed E-state index contributed by atoms with van der Waals surface area (Å²) < 4.78 is 30.4. The van der Waals surface area contributed by atoms with Crippen LogP contribution in [0.4, 0.5) is 5.69 Å². The summed E-state index contributed by atoms with van der Waals surface area (Å²) in [6.07, 6.45) is 0.328. The first-order valence-corrected chi connectivity index (χ1v) is 5.38. The van der Waals surface area contributed by atoms with Gasteiger partial charge in [-0.2, -0.15) is 8.42 Å². The van der Waals surface area contributed by atoms with Crippen molar-refractivity contribution in [2.45, 2.75) is 11.8 Å². The maximum Gasteiger partial charge on any atom is 0.286 e. The van der Waals surface area contributed by atoms with Crippen molar-refractivity contribution in [2.24, 2.45) is 0 Å². The molecule has 0 fully saturated rings. The molecule has 0 radical (unpaired) electrons. The Morgan fingerprint density at radius 3 is 2.69 bits per heavy atom. The minimum absolute atomic E-state index is 0.328. The van der Waals surface area contributed by atoms with Crippen molar-refractivity contribution >= 4 is 15.8 Å². The highest BCUT2D eigenvalue weighted by Gasteiger charge is 2.29. The monoisotopic (exact) mass is 199 g/mol. The molecule has 1 heterocycles. The van der Waals surface area contributed by atoms with Gasteiger partial charge in [0.05, 0.1) is 0 Å². The number of rotatable bonds is 1. The van der Waals surface area contributed by atoms with Crippen LogP contribution >= 0.6 is 0 Å². The summed E-state index contributed by atoms with van der Waals surface area (Å²) in [6.45, 7) is 0. The molecule has 0 bridgehead atoms. The number of fused-ring (bicyclic) bond motifs is 1. The molecule has 0 amide bonds. The Morgan fingerprint density at radius 1 is 1.38 bits per heavy atom. The van der Waals surface area contributed by atoms with Crippen LogP contribution in [0.1, 0.15) is 5.56 Å². The van der Waals surface area contributed by atoms with Gasteiger partial charge >= 0.3 is 0 Å². The highest BCUT2D eigenvalue weighted by atomic mass is 32.2. The molecule has 0 saturated heterocycles. The van der Waals surface area contributed by atoms with Gasteiger partial charge in [0.25, 0.3) is 10.1 Å². The first-order chi connectivity index (χ1) is 6.07. The van der Waals surface area contributed by atoms with E-state index in [0.29, 0.717) is 6.42 Å². The molecule has 1 aliphatic rings. The van der Waals surface area contributed by atoms with Crippen molar-refractivity contribution in [3.63, 3.8) is 0 Å². The van der Waals surface area contributed by atoms with Gasteiger partial charge in [0.2, 0.25) is 0 Å². The lowest BCUT2D eigenvalue weighted by Gasteiger charge is -2.05. The molecule has 13 heavy (non-hydrogen) atoms. The summed E-state index contributed by atoms with van der Waals surface area (Å²) in [5.41, 5.74) is 1.70. The minimum Gasteiger partial charge on any atom is -0.367 e. The summed E-state index contributed by atoms with van der Waals surface area (Å²) in [6, 6.07) is 7.29. The molecule has 0 unspecified atom stereocenters. The molecule has 2 N–H and O–H groups in total. The fourth-order valence-electron chi connectivity index (χ4n) is 1.44. The SMILES string of the molecule is O=S(=O)(O)[C@@H]1Cc2ccccc2N1. The molecule has 1 aromatic carbocycles. The fourth-order valence-corrected chi connectivity index (χ4v) is 2.11. The number of para-hydroxylation sites is 1. The predicted octanol–water partition coefficient (Wildman–Crippen LogP) is 0.868. The average molecular weight is 199 g/mol. The summed E-state index contributed by atoms with van der Waals surface area (Å²) in [4.78, 5) is 0. The van der Waals surface area contributed by atoms with E-state index in [9.17, 15) is 8.42 Å². The lowest BCUT2D eigenvalue weighted by atomic mass is 10.2. The van der Waals surface area contributed by atoms with E-state index < -0.39 is 15.5 Å². The van der Waals surface area contributed by atoms with Gasteiger partial charge in [0.15, 0.2) is 5.37 Å². The molecule has 70 valence electrons. The predicted molar refractivity (Wildman–Crippen MR) is 49.1 cm³/mol. The van der Waals surface area contributed by atoms with Crippen LogP contribution in [0.2, 0.25) is 0 Å². The van der Waals surface area contributed by atoms with E-state index >= 15 is 0 Å². The summed E-state index contributed by atoms with van der Waals surface area (Å²) in [7, 11) is -3.98. The van der Waals surface area contributed by atoms with Gasteiger partial charge < -0.3 is 5.32 Å². The molecule has 0 aliphatic carbocycles. The molecule has 1 aliphatic heterocycles. The molecular formula is C8H9NO3S. The second kappa shape index (κ2) is 2.71. The molecule has 1 atom stereocenters. The van der Waals surface area contributed by atoms with E-state index in [1.165, 1.54) is 0 Å². The topological polar surface area (TPSA) is 66.4 Å². The number of hydrogen-bond acceptors (Lipinski definition) is 3. The van der Waals surface area contributed by atoms with Gasteiger partial charge in [-0.05, 0) is 11.6 Å². The van der Waals surface area contributed by atoms with E-state index in [-0.39, 0.29) is 0 Å². The maximum absolute atomic E-state index is 10.8. The smallest absolute Gasteiger partial charge is 0.286 e. The fraction of sp³-hybridized carbons (Fsp3) is 0.250. The van der Waals surface area contributed by atoms with Crippen LogP contribution in [0, 0.1) is 0 Å². The molecular weight excluding hydrogens is 190 g/mol. The molecule has 2 rings (SSSR count). The molecule has 5 heteroatoms. The molecule has 4 nitrogen and oxygen atoms in total. The zero-order valence-electron chi connectivity index (χ0n) is 6.77. The molecule has 0 spiro atoms. The highest BCUT2D eigenvalue weighted by molar-refractivity contribution is 7.86. The molecule has 0 saturated carbocycles.